The fourth-order valence-corrected chi connectivity index (χ4v) is 8.49. The SMILES string of the molecule is O=C(Nc1c2c(cc3c1CCC3)CCC2)NS(=O)(=O)c1cc2c(s1)C1CCN(CC1)C2. The van der Waals surface area contributed by atoms with Gasteiger partial charge in [-0.05, 0) is 104 Å². The van der Waals surface area contributed by atoms with Crippen molar-refractivity contribution in [2.45, 2.75) is 68.0 Å². The fraction of sp³-hybridized carbons (Fsp3) is 0.522. The zero-order valence-electron chi connectivity index (χ0n) is 17.5. The number of nitrogens with zero attached hydrogens (tertiary/aromatic N) is 1. The van der Waals surface area contributed by atoms with Crippen LogP contribution in [0.5, 0.6) is 0 Å². The smallest absolute Gasteiger partial charge is 0.307 e. The van der Waals surface area contributed by atoms with Crippen LogP contribution in [0, 0.1) is 0 Å². The van der Waals surface area contributed by atoms with Gasteiger partial charge in [0.2, 0.25) is 0 Å². The van der Waals surface area contributed by atoms with Crippen LogP contribution in [-0.2, 0) is 42.3 Å². The topological polar surface area (TPSA) is 78.5 Å². The number of carbonyl (C=O) groups excluding carboxylic acids is 1. The molecule has 4 heterocycles. The minimum atomic E-state index is -3.89. The van der Waals surface area contributed by atoms with Gasteiger partial charge in [-0.15, -0.1) is 11.3 Å². The Hall–Kier alpha value is -1.90. The number of hydrogen-bond acceptors (Lipinski definition) is 5. The largest absolute Gasteiger partial charge is 0.333 e. The maximum Gasteiger partial charge on any atom is 0.333 e. The number of sulfonamides is 1. The summed E-state index contributed by atoms with van der Waals surface area (Å²) in [5.41, 5.74) is 6.99. The molecule has 5 aliphatic rings. The van der Waals surface area contributed by atoms with E-state index in [0.717, 1.165) is 82.3 Å². The average molecular weight is 458 g/mol. The van der Waals surface area contributed by atoms with E-state index in [-0.39, 0.29) is 4.21 Å². The predicted octanol–water partition coefficient (Wildman–Crippen LogP) is 3.93. The van der Waals surface area contributed by atoms with Gasteiger partial charge >= 0.3 is 6.03 Å². The number of nitrogens with one attached hydrogen (secondary N) is 2. The van der Waals surface area contributed by atoms with Crippen molar-refractivity contribution in [1.82, 2.24) is 9.62 Å². The molecule has 8 heteroatoms. The number of thiophene rings is 1. The summed E-state index contributed by atoms with van der Waals surface area (Å²) in [5, 5.41) is 2.93. The van der Waals surface area contributed by atoms with E-state index >= 15 is 0 Å². The van der Waals surface area contributed by atoms with Crippen LogP contribution >= 0.6 is 11.3 Å². The van der Waals surface area contributed by atoms with E-state index in [2.05, 4.69) is 21.0 Å². The minimum absolute atomic E-state index is 0.255. The van der Waals surface area contributed by atoms with Crippen LogP contribution in [-0.4, -0.2) is 32.4 Å². The third-order valence-corrected chi connectivity index (χ3v) is 10.5. The van der Waals surface area contributed by atoms with Gasteiger partial charge in [-0.2, -0.15) is 0 Å². The molecule has 2 aliphatic carbocycles. The van der Waals surface area contributed by atoms with Gasteiger partial charge in [-0.3, -0.25) is 4.90 Å². The zero-order chi connectivity index (χ0) is 21.2. The Bertz CT molecular complexity index is 1140. The zero-order valence-corrected chi connectivity index (χ0v) is 19.1. The Morgan fingerprint density at radius 1 is 0.968 bits per heavy atom. The summed E-state index contributed by atoms with van der Waals surface area (Å²) < 4.78 is 28.6. The molecule has 3 aliphatic heterocycles. The van der Waals surface area contributed by atoms with Gasteiger partial charge < -0.3 is 5.32 Å². The lowest BCUT2D eigenvalue weighted by Crippen LogP contribution is -2.34. The molecule has 164 valence electrons. The molecule has 2 amide bonds. The summed E-state index contributed by atoms with van der Waals surface area (Å²) in [6.45, 7) is 2.98. The molecule has 0 saturated carbocycles. The van der Waals surface area contributed by atoms with Crippen molar-refractivity contribution in [3.8, 4) is 0 Å². The van der Waals surface area contributed by atoms with Gasteiger partial charge in [-0.25, -0.2) is 17.9 Å². The number of hydrogen-bond donors (Lipinski definition) is 2. The second-order valence-corrected chi connectivity index (χ2v) is 12.3. The number of urea groups is 1. The Morgan fingerprint density at radius 2 is 1.65 bits per heavy atom. The van der Waals surface area contributed by atoms with Crippen molar-refractivity contribution < 1.29 is 13.2 Å². The van der Waals surface area contributed by atoms with Gasteiger partial charge in [0.25, 0.3) is 10.0 Å². The molecule has 1 aromatic carbocycles. The van der Waals surface area contributed by atoms with Crippen molar-refractivity contribution in [2.75, 3.05) is 18.4 Å². The lowest BCUT2D eigenvalue weighted by atomic mass is 9.96. The summed E-state index contributed by atoms with van der Waals surface area (Å²) in [4.78, 5) is 16.4. The van der Waals surface area contributed by atoms with Crippen LogP contribution in [0.1, 0.15) is 64.3 Å². The van der Waals surface area contributed by atoms with E-state index in [9.17, 15) is 13.2 Å². The highest BCUT2D eigenvalue weighted by Crippen LogP contribution is 2.42. The normalized spacial score (nSPS) is 23.7. The first kappa shape index (κ1) is 19.8. The first-order valence-corrected chi connectivity index (χ1v) is 13.6. The molecule has 0 atom stereocenters. The van der Waals surface area contributed by atoms with Crippen LogP contribution in [0.3, 0.4) is 0 Å². The molecule has 1 saturated heterocycles. The number of carbonyl (C=O) groups is 1. The lowest BCUT2D eigenvalue weighted by molar-refractivity contribution is 0.221. The van der Waals surface area contributed by atoms with Gasteiger partial charge in [0, 0.05) is 17.1 Å². The van der Waals surface area contributed by atoms with Crippen molar-refractivity contribution in [3.05, 3.63) is 44.8 Å². The van der Waals surface area contributed by atoms with Gasteiger partial charge in [0.1, 0.15) is 4.21 Å². The van der Waals surface area contributed by atoms with Crippen LogP contribution in [0.15, 0.2) is 16.3 Å². The molecule has 31 heavy (non-hydrogen) atoms. The number of fused-ring (bicyclic) bond motifs is 4. The standard InChI is InChI=1S/C23H27N3O3S2/c27-23(24-21-18-5-1-3-15(18)11-16-4-2-6-19(16)21)25-31(28,29)20-12-17-13-26-9-7-14(8-10-26)22(17)30-20/h11-12,14H,1-10,13H2,(H2,24,25,27). The maximum atomic E-state index is 13.0. The molecule has 2 bridgehead atoms. The van der Waals surface area contributed by atoms with E-state index < -0.39 is 16.1 Å². The Kier molecular flexibility index (Phi) is 4.67. The van der Waals surface area contributed by atoms with Crippen molar-refractivity contribution in [3.63, 3.8) is 0 Å². The van der Waals surface area contributed by atoms with Crippen molar-refractivity contribution in [2.24, 2.45) is 0 Å². The minimum Gasteiger partial charge on any atom is -0.307 e. The van der Waals surface area contributed by atoms with Gasteiger partial charge in [0.15, 0.2) is 0 Å². The lowest BCUT2D eigenvalue weighted by Gasteiger charge is -2.26. The third-order valence-electron chi connectivity index (χ3n) is 7.37. The van der Waals surface area contributed by atoms with Gasteiger partial charge in [-0.1, -0.05) is 6.07 Å². The number of anilines is 1. The van der Waals surface area contributed by atoms with Crippen molar-refractivity contribution in [1.29, 1.82) is 0 Å². The summed E-state index contributed by atoms with van der Waals surface area (Å²) >= 11 is 1.35. The van der Waals surface area contributed by atoms with Crippen LogP contribution < -0.4 is 10.0 Å². The molecule has 1 fully saturated rings. The molecule has 2 aromatic rings. The Labute approximate surface area is 187 Å². The van der Waals surface area contributed by atoms with Crippen LogP contribution in [0.2, 0.25) is 0 Å². The molecule has 0 radical (unpaired) electrons. The highest BCUT2D eigenvalue weighted by Gasteiger charge is 2.33. The molecule has 2 N–H and O–H groups in total. The molecule has 6 nitrogen and oxygen atoms in total. The van der Waals surface area contributed by atoms with Crippen LogP contribution in [0.4, 0.5) is 10.5 Å². The van der Waals surface area contributed by atoms with Crippen molar-refractivity contribution >= 4 is 33.1 Å². The van der Waals surface area contributed by atoms with E-state index in [4.69, 9.17) is 0 Å². The number of amides is 2. The monoisotopic (exact) mass is 457 g/mol. The summed E-state index contributed by atoms with van der Waals surface area (Å²) in [5.74, 6) is 0.450. The first-order valence-electron chi connectivity index (χ1n) is 11.3. The Balaban J connectivity index is 1.25. The molecular weight excluding hydrogens is 430 g/mol. The van der Waals surface area contributed by atoms with E-state index in [0.29, 0.717) is 5.92 Å². The Morgan fingerprint density at radius 3 is 2.32 bits per heavy atom. The van der Waals surface area contributed by atoms with E-state index in [1.807, 2.05) is 0 Å². The van der Waals surface area contributed by atoms with E-state index in [1.165, 1.54) is 38.5 Å². The predicted molar refractivity (Wildman–Crippen MR) is 121 cm³/mol. The summed E-state index contributed by atoms with van der Waals surface area (Å²) in [6, 6.07) is 3.43. The number of rotatable bonds is 3. The quantitative estimate of drug-likeness (QED) is 0.732. The second-order valence-electron chi connectivity index (χ2n) is 9.30. The van der Waals surface area contributed by atoms with Gasteiger partial charge in [0.05, 0.1) is 0 Å². The fourth-order valence-electron chi connectivity index (χ4n) is 5.89. The molecule has 0 spiro atoms. The van der Waals surface area contributed by atoms with E-state index in [1.54, 1.807) is 6.07 Å². The number of benzene rings is 1. The first-order chi connectivity index (χ1) is 15.0. The third kappa shape index (κ3) is 3.39. The number of aryl methyl sites for hydroxylation is 2. The summed E-state index contributed by atoms with van der Waals surface area (Å²) in [7, 11) is -3.89. The highest BCUT2D eigenvalue weighted by molar-refractivity contribution is 7.92. The summed E-state index contributed by atoms with van der Waals surface area (Å²) in [6.07, 6.45) is 8.32. The molecular formula is C23H27N3O3S2. The average Bonchev–Trinajstić information content (AvgIpc) is 3.45. The number of piperidine rings is 1. The maximum absolute atomic E-state index is 13.0. The highest BCUT2D eigenvalue weighted by atomic mass is 32.2. The molecule has 0 unspecified atom stereocenters. The molecule has 7 rings (SSSR count). The molecule has 1 aromatic heterocycles. The van der Waals surface area contributed by atoms with Crippen LogP contribution in [0.25, 0.3) is 0 Å². The second kappa shape index (κ2) is 7.32.